The molecule has 6 nitrogen and oxygen atoms in total. The molecule has 3 heterocycles. The van der Waals surface area contributed by atoms with E-state index in [1.165, 1.54) is 21.9 Å². The van der Waals surface area contributed by atoms with Gasteiger partial charge in [-0.2, -0.15) is 4.52 Å². The second kappa shape index (κ2) is 5.91. The summed E-state index contributed by atoms with van der Waals surface area (Å²) in [4.78, 5) is 16.9. The second-order valence-electron chi connectivity index (χ2n) is 4.73. The Kier molecular flexibility index (Phi) is 4.12. The average Bonchev–Trinajstić information content (AvgIpc) is 3.02. The number of anilines is 1. The Hall–Kier alpha value is -1.57. The Morgan fingerprint density at radius 3 is 2.77 bits per heavy atom. The molecule has 9 heteroatoms. The van der Waals surface area contributed by atoms with Gasteiger partial charge in [0.15, 0.2) is 0 Å². The first-order valence-corrected chi connectivity index (χ1v) is 8.20. The SMILES string of the molecule is CCc1cc(=O)n2nc(NCc3cc(Cl)c(Cl)n3C)sc2n1. The van der Waals surface area contributed by atoms with Crippen LogP contribution in [-0.4, -0.2) is 19.2 Å². The molecule has 0 spiro atoms. The van der Waals surface area contributed by atoms with Crippen LogP contribution in [-0.2, 0) is 20.0 Å². The van der Waals surface area contributed by atoms with Crippen molar-refractivity contribution >= 4 is 44.6 Å². The highest BCUT2D eigenvalue weighted by Crippen LogP contribution is 2.26. The van der Waals surface area contributed by atoms with Crippen molar-refractivity contribution < 1.29 is 0 Å². The first-order valence-electron chi connectivity index (χ1n) is 6.63. The van der Waals surface area contributed by atoms with Crippen LogP contribution >= 0.6 is 34.5 Å². The molecule has 0 unspecified atom stereocenters. The fraction of sp³-hybridized carbons (Fsp3) is 0.308. The fourth-order valence-electron chi connectivity index (χ4n) is 2.03. The lowest BCUT2D eigenvalue weighted by molar-refractivity contribution is 0.834. The first kappa shape index (κ1) is 15.3. The zero-order chi connectivity index (χ0) is 15.9. The molecular formula is C13H13Cl2N5OS. The molecule has 0 aliphatic carbocycles. The molecule has 3 rings (SSSR count). The van der Waals surface area contributed by atoms with Crippen molar-refractivity contribution in [3.8, 4) is 0 Å². The van der Waals surface area contributed by atoms with Crippen molar-refractivity contribution in [3.63, 3.8) is 0 Å². The quantitative estimate of drug-likeness (QED) is 0.779. The lowest BCUT2D eigenvalue weighted by Gasteiger charge is -2.04. The molecule has 0 aliphatic heterocycles. The van der Waals surface area contributed by atoms with E-state index in [-0.39, 0.29) is 5.56 Å². The van der Waals surface area contributed by atoms with E-state index in [0.29, 0.717) is 33.2 Å². The minimum absolute atomic E-state index is 0.170. The number of halogens is 2. The summed E-state index contributed by atoms with van der Waals surface area (Å²) >= 11 is 13.4. The van der Waals surface area contributed by atoms with Crippen LogP contribution in [0.5, 0.6) is 0 Å². The monoisotopic (exact) mass is 357 g/mol. The highest BCUT2D eigenvalue weighted by atomic mass is 35.5. The maximum absolute atomic E-state index is 11.9. The number of fused-ring (bicyclic) bond motifs is 1. The minimum Gasteiger partial charge on any atom is -0.355 e. The zero-order valence-electron chi connectivity index (χ0n) is 11.9. The maximum Gasteiger partial charge on any atom is 0.275 e. The van der Waals surface area contributed by atoms with Gasteiger partial charge in [-0.15, -0.1) is 5.10 Å². The molecule has 0 aromatic carbocycles. The predicted octanol–water partition coefficient (Wildman–Crippen LogP) is 2.97. The summed E-state index contributed by atoms with van der Waals surface area (Å²) in [5.41, 5.74) is 1.51. The van der Waals surface area contributed by atoms with Gasteiger partial charge in [0, 0.05) is 24.5 Å². The Bertz CT molecular complexity index is 898. The Balaban J connectivity index is 1.86. The van der Waals surface area contributed by atoms with Crippen LogP contribution in [0.1, 0.15) is 18.3 Å². The molecule has 1 N–H and O–H groups in total. The third-order valence-corrected chi connectivity index (χ3v) is 5.00. The van der Waals surface area contributed by atoms with Crippen molar-refractivity contribution in [2.45, 2.75) is 19.9 Å². The minimum atomic E-state index is -0.170. The van der Waals surface area contributed by atoms with Crippen molar-refractivity contribution in [1.82, 2.24) is 19.2 Å². The molecule has 0 saturated carbocycles. The van der Waals surface area contributed by atoms with Gasteiger partial charge in [0.2, 0.25) is 10.1 Å². The Morgan fingerprint density at radius 2 is 2.14 bits per heavy atom. The maximum atomic E-state index is 11.9. The van der Waals surface area contributed by atoms with Crippen LogP contribution in [0.25, 0.3) is 4.96 Å². The van der Waals surface area contributed by atoms with Gasteiger partial charge in [-0.1, -0.05) is 41.5 Å². The molecule has 0 aliphatic rings. The predicted molar refractivity (Wildman–Crippen MR) is 89.3 cm³/mol. The lowest BCUT2D eigenvalue weighted by Crippen LogP contribution is -2.15. The summed E-state index contributed by atoms with van der Waals surface area (Å²) in [5, 5.41) is 9.02. The number of aromatic nitrogens is 4. The number of rotatable bonds is 4. The van der Waals surface area contributed by atoms with Gasteiger partial charge in [-0.3, -0.25) is 4.79 Å². The Morgan fingerprint density at radius 1 is 1.36 bits per heavy atom. The van der Waals surface area contributed by atoms with E-state index >= 15 is 0 Å². The van der Waals surface area contributed by atoms with Crippen LogP contribution in [0, 0.1) is 0 Å². The van der Waals surface area contributed by atoms with Gasteiger partial charge < -0.3 is 9.88 Å². The molecular weight excluding hydrogens is 345 g/mol. The van der Waals surface area contributed by atoms with Gasteiger partial charge >= 0.3 is 0 Å². The molecule has 0 amide bonds. The summed E-state index contributed by atoms with van der Waals surface area (Å²) in [5.74, 6) is 0. The summed E-state index contributed by atoms with van der Waals surface area (Å²) in [6, 6.07) is 3.30. The Labute approximate surface area is 140 Å². The summed E-state index contributed by atoms with van der Waals surface area (Å²) in [7, 11) is 1.84. The molecule has 0 radical (unpaired) electrons. The summed E-state index contributed by atoms with van der Waals surface area (Å²) < 4.78 is 3.10. The molecule has 116 valence electrons. The van der Waals surface area contributed by atoms with Crippen molar-refractivity contribution in [3.05, 3.63) is 44.1 Å². The van der Waals surface area contributed by atoms with Gasteiger partial charge in [0.25, 0.3) is 5.56 Å². The van der Waals surface area contributed by atoms with Crippen molar-refractivity contribution in [1.29, 1.82) is 0 Å². The number of hydrogen-bond donors (Lipinski definition) is 1. The van der Waals surface area contributed by atoms with E-state index in [4.69, 9.17) is 23.2 Å². The molecule has 0 atom stereocenters. The summed E-state index contributed by atoms with van der Waals surface area (Å²) in [6.45, 7) is 2.46. The van der Waals surface area contributed by atoms with Gasteiger partial charge in [0.1, 0.15) is 5.15 Å². The number of nitrogens with one attached hydrogen (secondary N) is 1. The topological polar surface area (TPSA) is 64.2 Å². The van der Waals surface area contributed by atoms with Crippen molar-refractivity contribution in [2.24, 2.45) is 7.05 Å². The van der Waals surface area contributed by atoms with Crippen LogP contribution < -0.4 is 10.9 Å². The van der Waals surface area contributed by atoms with E-state index in [1.807, 2.05) is 14.0 Å². The number of nitrogens with zero attached hydrogens (tertiary/aromatic N) is 4. The van der Waals surface area contributed by atoms with Gasteiger partial charge in [0.05, 0.1) is 11.6 Å². The second-order valence-corrected chi connectivity index (χ2v) is 6.45. The molecule has 3 aromatic rings. The zero-order valence-corrected chi connectivity index (χ0v) is 14.3. The molecule has 0 bridgehead atoms. The van der Waals surface area contributed by atoms with E-state index < -0.39 is 0 Å². The first-order chi connectivity index (χ1) is 10.5. The highest BCUT2D eigenvalue weighted by Gasteiger charge is 2.11. The van der Waals surface area contributed by atoms with Gasteiger partial charge in [-0.25, -0.2) is 4.98 Å². The fourth-order valence-corrected chi connectivity index (χ4v) is 3.27. The van der Waals surface area contributed by atoms with Crippen LogP contribution in [0.15, 0.2) is 16.9 Å². The standard InChI is InChI=1S/C13H13Cl2N5OS/c1-3-7-4-10(21)20-13(17-7)22-12(18-20)16-6-8-5-9(14)11(15)19(8)2/h4-5H,3,6H2,1-2H3,(H,16,18). The molecule has 0 saturated heterocycles. The number of hydrogen-bond acceptors (Lipinski definition) is 5. The van der Waals surface area contributed by atoms with E-state index in [2.05, 4.69) is 15.4 Å². The molecule has 3 aromatic heterocycles. The van der Waals surface area contributed by atoms with Crippen molar-refractivity contribution in [2.75, 3.05) is 5.32 Å². The third kappa shape index (κ3) is 2.71. The van der Waals surface area contributed by atoms with Crippen LogP contribution in [0.2, 0.25) is 10.2 Å². The number of aryl methyl sites for hydroxylation is 1. The highest BCUT2D eigenvalue weighted by molar-refractivity contribution is 7.20. The third-order valence-electron chi connectivity index (χ3n) is 3.30. The average molecular weight is 358 g/mol. The van der Waals surface area contributed by atoms with Crippen LogP contribution in [0.4, 0.5) is 5.13 Å². The lowest BCUT2D eigenvalue weighted by atomic mass is 10.3. The smallest absolute Gasteiger partial charge is 0.275 e. The molecule has 0 fully saturated rings. The van der Waals surface area contributed by atoms with E-state index in [1.54, 1.807) is 10.6 Å². The normalized spacial score (nSPS) is 11.3. The largest absolute Gasteiger partial charge is 0.355 e. The van der Waals surface area contributed by atoms with Crippen LogP contribution in [0.3, 0.4) is 0 Å². The van der Waals surface area contributed by atoms with E-state index in [0.717, 1.165) is 11.4 Å². The summed E-state index contributed by atoms with van der Waals surface area (Å²) in [6.07, 6.45) is 0.715. The van der Waals surface area contributed by atoms with E-state index in [9.17, 15) is 4.79 Å². The molecule has 22 heavy (non-hydrogen) atoms. The van der Waals surface area contributed by atoms with Gasteiger partial charge in [-0.05, 0) is 12.5 Å².